The van der Waals surface area contributed by atoms with Crippen molar-refractivity contribution in [2.45, 2.75) is 26.5 Å². The smallest absolute Gasteiger partial charge is 0.338 e. The van der Waals surface area contributed by atoms with Gasteiger partial charge in [-0.25, -0.2) is 15.0 Å². The fourth-order valence-corrected chi connectivity index (χ4v) is 4.75. The highest BCUT2D eigenvalue weighted by atomic mass is 79.9. The van der Waals surface area contributed by atoms with E-state index in [1.165, 1.54) is 13.3 Å². The highest BCUT2D eigenvalue weighted by Crippen LogP contribution is 2.34. The van der Waals surface area contributed by atoms with Crippen LogP contribution >= 0.6 is 27.5 Å². The zero-order chi connectivity index (χ0) is 31.6. The maximum absolute atomic E-state index is 12.6. The summed E-state index contributed by atoms with van der Waals surface area (Å²) in [7, 11) is 1.44. The fraction of sp³-hybridized carbons (Fsp3) is 0.226. The monoisotopic (exact) mass is 684 g/mol. The van der Waals surface area contributed by atoms with Gasteiger partial charge < -0.3 is 29.6 Å². The van der Waals surface area contributed by atoms with Crippen LogP contribution in [0.3, 0.4) is 0 Å². The number of allylic oxidation sites excluding steroid dienone is 1. The number of hydrogen-bond donors (Lipinski definition) is 3. The standard InChI is InChI=1S/C31H30BrClN4O7/c1-4-42-30(39)28-18(2)35-31(40)36-29(28)20-7-11-25(26(14-20)41-3)44-17-27(38)37-34-15-21-13-22(32)8-12-24(21)43-16-19-5-9-23(33)10-6-19/h5-15,29H,4,16-17H2,1-3H3,(H,37,38)(H2,35,36,40)/b34-15-/t29-/m1/s1. The number of halogens is 2. The number of carbonyl (C=O) groups excluding carboxylic acids is 3. The molecule has 3 N–H and O–H groups in total. The van der Waals surface area contributed by atoms with Crippen molar-refractivity contribution in [2.24, 2.45) is 5.10 Å². The molecule has 4 rings (SSSR count). The third kappa shape index (κ3) is 8.51. The summed E-state index contributed by atoms with van der Waals surface area (Å²) in [5.74, 6) is 0.0770. The molecule has 0 bridgehead atoms. The number of nitrogens with zero attached hydrogens (tertiary/aromatic N) is 1. The topological polar surface area (TPSA) is 137 Å². The number of benzene rings is 3. The van der Waals surface area contributed by atoms with Gasteiger partial charge in [-0.05, 0) is 67.4 Å². The molecule has 0 spiro atoms. The molecule has 1 aliphatic heterocycles. The molecule has 11 nitrogen and oxygen atoms in total. The second-order valence-electron chi connectivity index (χ2n) is 9.38. The van der Waals surface area contributed by atoms with E-state index in [9.17, 15) is 14.4 Å². The lowest BCUT2D eigenvalue weighted by Gasteiger charge is -2.28. The van der Waals surface area contributed by atoms with Gasteiger partial charge in [0.05, 0.1) is 31.5 Å². The van der Waals surface area contributed by atoms with E-state index in [0.29, 0.717) is 40.0 Å². The van der Waals surface area contributed by atoms with Crippen LogP contribution in [0.5, 0.6) is 17.2 Å². The van der Waals surface area contributed by atoms with Crippen molar-refractivity contribution in [3.8, 4) is 17.2 Å². The Morgan fingerprint density at radius 2 is 1.80 bits per heavy atom. The average molecular weight is 686 g/mol. The Hall–Kier alpha value is -4.55. The Morgan fingerprint density at radius 1 is 1.05 bits per heavy atom. The van der Waals surface area contributed by atoms with E-state index in [1.54, 1.807) is 50.2 Å². The lowest BCUT2D eigenvalue weighted by atomic mass is 9.95. The van der Waals surface area contributed by atoms with Gasteiger partial charge in [0, 0.05) is 20.8 Å². The lowest BCUT2D eigenvalue weighted by molar-refractivity contribution is -0.139. The summed E-state index contributed by atoms with van der Waals surface area (Å²) >= 11 is 9.39. The van der Waals surface area contributed by atoms with Crippen molar-refractivity contribution in [1.29, 1.82) is 0 Å². The molecule has 1 heterocycles. The number of ether oxygens (including phenoxy) is 4. The number of methoxy groups -OCH3 is 1. The molecule has 3 amide bonds. The first-order chi connectivity index (χ1) is 21.2. The zero-order valence-electron chi connectivity index (χ0n) is 24.1. The second-order valence-corrected chi connectivity index (χ2v) is 10.7. The minimum Gasteiger partial charge on any atom is -0.493 e. The van der Waals surface area contributed by atoms with Gasteiger partial charge in [-0.2, -0.15) is 5.10 Å². The van der Waals surface area contributed by atoms with Crippen molar-refractivity contribution >= 4 is 51.7 Å². The molecule has 0 radical (unpaired) electrons. The molecular formula is C31H30BrClN4O7. The maximum Gasteiger partial charge on any atom is 0.338 e. The van der Waals surface area contributed by atoms with Crippen LogP contribution < -0.4 is 30.3 Å². The quantitative estimate of drug-likeness (QED) is 0.132. The molecule has 1 atom stereocenters. The largest absolute Gasteiger partial charge is 0.493 e. The zero-order valence-corrected chi connectivity index (χ0v) is 26.5. The molecule has 3 aromatic carbocycles. The van der Waals surface area contributed by atoms with E-state index in [0.717, 1.165) is 10.0 Å². The van der Waals surface area contributed by atoms with Crippen molar-refractivity contribution in [3.05, 3.63) is 98.1 Å². The highest BCUT2D eigenvalue weighted by Gasteiger charge is 2.32. The van der Waals surface area contributed by atoms with Crippen LogP contribution in [0.25, 0.3) is 0 Å². The van der Waals surface area contributed by atoms with Crippen LogP contribution in [-0.2, 0) is 20.9 Å². The van der Waals surface area contributed by atoms with Crippen molar-refractivity contribution < 1.29 is 33.3 Å². The molecular weight excluding hydrogens is 656 g/mol. The van der Waals surface area contributed by atoms with Crippen LogP contribution in [0.2, 0.25) is 5.02 Å². The molecule has 44 heavy (non-hydrogen) atoms. The molecule has 3 aromatic rings. The molecule has 0 fully saturated rings. The van der Waals surface area contributed by atoms with E-state index in [2.05, 4.69) is 37.1 Å². The first kappa shape index (κ1) is 32.4. The summed E-state index contributed by atoms with van der Waals surface area (Å²) < 4.78 is 23.1. The molecule has 13 heteroatoms. The summed E-state index contributed by atoms with van der Waals surface area (Å²) in [5, 5.41) is 10.0. The van der Waals surface area contributed by atoms with E-state index in [4.69, 9.17) is 30.5 Å². The molecule has 0 saturated carbocycles. The van der Waals surface area contributed by atoms with Crippen LogP contribution in [0.15, 0.2) is 81.5 Å². The number of nitrogens with one attached hydrogen (secondary N) is 3. The molecule has 0 aliphatic carbocycles. The summed E-state index contributed by atoms with van der Waals surface area (Å²) in [4.78, 5) is 37.3. The Labute approximate surface area is 267 Å². The number of esters is 1. The van der Waals surface area contributed by atoms with Gasteiger partial charge in [0.1, 0.15) is 12.4 Å². The Bertz CT molecular complexity index is 1590. The van der Waals surface area contributed by atoms with E-state index >= 15 is 0 Å². The minimum absolute atomic E-state index is 0.181. The molecule has 1 aliphatic rings. The number of hydrazone groups is 1. The first-order valence-electron chi connectivity index (χ1n) is 13.4. The van der Waals surface area contributed by atoms with Crippen LogP contribution in [0, 0.1) is 0 Å². The summed E-state index contributed by atoms with van der Waals surface area (Å²) in [6.45, 7) is 3.47. The van der Waals surface area contributed by atoms with Crippen molar-refractivity contribution in [3.63, 3.8) is 0 Å². The van der Waals surface area contributed by atoms with Gasteiger partial charge in [-0.3, -0.25) is 4.79 Å². The Morgan fingerprint density at radius 3 is 2.52 bits per heavy atom. The van der Waals surface area contributed by atoms with Gasteiger partial charge >= 0.3 is 12.0 Å². The van der Waals surface area contributed by atoms with Crippen LogP contribution in [0.1, 0.15) is 36.6 Å². The molecule has 0 saturated heterocycles. The lowest BCUT2D eigenvalue weighted by Crippen LogP contribution is -2.45. The van der Waals surface area contributed by atoms with E-state index in [-0.39, 0.29) is 24.5 Å². The van der Waals surface area contributed by atoms with Crippen molar-refractivity contribution in [2.75, 3.05) is 20.3 Å². The normalized spacial score (nSPS) is 14.5. The Balaban J connectivity index is 1.39. The van der Waals surface area contributed by atoms with Crippen molar-refractivity contribution in [1.82, 2.24) is 16.1 Å². The SMILES string of the molecule is CCOC(=O)C1=C(C)NC(=O)N[C@@H]1c1ccc(OCC(=O)N/N=C\c2cc(Br)ccc2OCc2ccc(Cl)cc2)c(OC)c1. The first-order valence-corrected chi connectivity index (χ1v) is 14.6. The summed E-state index contributed by atoms with van der Waals surface area (Å²) in [5.41, 5.74) is 5.23. The average Bonchev–Trinajstić information content (AvgIpc) is 3.00. The number of amides is 3. The van der Waals surface area contributed by atoms with Gasteiger partial charge in [-0.15, -0.1) is 0 Å². The molecule has 230 valence electrons. The van der Waals surface area contributed by atoms with Crippen LogP contribution in [-0.4, -0.2) is 44.4 Å². The highest BCUT2D eigenvalue weighted by molar-refractivity contribution is 9.10. The number of rotatable bonds is 12. The molecule has 0 aromatic heterocycles. The Kier molecular flexibility index (Phi) is 11.2. The third-order valence-electron chi connectivity index (χ3n) is 6.32. The summed E-state index contributed by atoms with van der Waals surface area (Å²) in [6, 6.07) is 16.4. The molecule has 0 unspecified atom stereocenters. The minimum atomic E-state index is -0.776. The predicted octanol–water partition coefficient (Wildman–Crippen LogP) is 5.41. The van der Waals surface area contributed by atoms with E-state index < -0.39 is 23.9 Å². The summed E-state index contributed by atoms with van der Waals surface area (Å²) in [6.07, 6.45) is 1.47. The van der Waals surface area contributed by atoms with Crippen LogP contribution in [0.4, 0.5) is 4.79 Å². The number of carbonyl (C=O) groups is 3. The number of urea groups is 1. The van der Waals surface area contributed by atoms with Gasteiger partial charge in [0.2, 0.25) is 0 Å². The van der Waals surface area contributed by atoms with Gasteiger partial charge in [0.25, 0.3) is 5.91 Å². The fourth-order valence-electron chi connectivity index (χ4n) is 4.25. The van der Waals surface area contributed by atoms with Gasteiger partial charge in [0.15, 0.2) is 18.1 Å². The predicted molar refractivity (Wildman–Crippen MR) is 168 cm³/mol. The second kappa shape index (κ2) is 15.3. The number of hydrogen-bond acceptors (Lipinski definition) is 8. The third-order valence-corrected chi connectivity index (χ3v) is 7.06. The van der Waals surface area contributed by atoms with Gasteiger partial charge in [-0.1, -0.05) is 45.7 Å². The van der Waals surface area contributed by atoms with E-state index in [1.807, 2.05) is 24.3 Å². The maximum atomic E-state index is 12.6.